The SMILES string of the molecule is COc1ccc(C=NC(CCCN)C(=O)O)cc1Cl.N=CN. The Bertz CT molecular complexity index is 509. The summed E-state index contributed by atoms with van der Waals surface area (Å²) in [6.07, 6.45) is 3.30. The van der Waals surface area contributed by atoms with Crippen LogP contribution in [0.25, 0.3) is 0 Å². The number of nitrogens with zero attached hydrogens (tertiary/aromatic N) is 1. The third-order valence-corrected chi connectivity index (χ3v) is 2.84. The van der Waals surface area contributed by atoms with Crippen molar-refractivity contribution in [2.24, 2.45) is 16.5 Å². The fourth-order valence-electron chi connectivity index (χ4n) is 1.51. The number of hydrogen-bond acceptors (Lipinski definition) is 5. The van der Waals surface area contributed by atoms with Crippen molar-refractivity contribution >= 4 is 30.1 Å². The highest BCUT2D eigenvalue weighted by atomic mass is 35.5. The summed E-state index contributed by atoms with van der Waals surface area (Å²) in [7, 11) is 1.53. The van der Waals surface area contributed by atoms with Gasteiger partial charge in [-0.25, -0.2) is 4.79 Å². The smallest absolute Gasteiger partial charge is 0.328 e. The van der Waals surface area contributed by atoms with Crippen LogP contribution in [-0.4, -0.2) is 43.3 Å². The Morgan fingerprint density at radius 2 is 2.23 bits per heavy atom. The van der Waals surface area contributed by atoms with Gasteiger partial charge in [0.15, 0.2) is 0 Å². The molecule has 7 nitrogen and oxygen atoms in total. The van der Waals surface area contributed by atoms with Gasteiger partial charge in [-0.2, -0.15) is 0 Å². The Hall–Kier alpha value is -2.12. The highest BCUT2D eigenvalue weighted by Gasteiger charge is 2.14. The molecule has 122 valence electrons. The Morgan fingerprint density at radius 1 is 1.59 bits per heavy atom. The Balaban J connectivity index is 0.00000135. The third-order valence-electron chi connectivity index (χ3n) is 2.55. The minimum absolute atomic E-state index is 0.423. The van der Waals surface area contributed by atoms with E-state index in [1.807, 2.05) is 0 Å². The first-order chi connectivity index (χ1) is 10.5. The lowest BCUT2D eigenvalue weighted by molar-refractivity contribution is -0.138. The number of hydrogen-bond donors (Lipinski definition) is 4. The molecule has 22 heavy (non-hydrogen) atoms. The first kappa shape index (κ1) is 19.9. The van der Waals surface area contributed by atoms with Gasteiger partial charge in [-0.1, -0.05) is 11.6 Å². The highest BCUT2D eigenvalue weighted by Crippen LogP contribution is 2.24. The van der Waals surface area contributed by atoms with Crippen molar-refractivity contribution in [3.8, 4) is 5.75 Å². The number of carbonyl (C=O) groups is 1. The van der Waals surface area contributed by atoms with Crippen LogP contribution in [0.1, 0.15) is 18.4 Å². The van der Waals surface area contributed by atoms with E-state index in [-0.39, 0.29) is 0 Å². The number of nitrogens with one attached hydrogen (secondary N) is 1. The van der Waals surface area contributed by atoms with E-state index in [1.165, 1.54) is 13.3 Å². The van der Waals surface area contributed by atoms with Crippen LogP contribution in [0.5, 0.6) is 5.75 Å². The lowest BCUT2D eigenvalue weighted by Crippen LogP contribution is -2.19. The summed E-state index contributed by atoms with van der Waals surface area (Å²) in [5, 5.41) is 15.3. The molecule has 1 rings (SSSR count). The highest BCUT2D eigenvalue weighted by molar-refractivity contribution is 6.32. The van der Waals surface area contributed by atoms with Gasteiger partial charge >= 0.3 is 5.97 Å². The van der Waals surface area contributed by atoms with Crippen molar-refractivity contribution in [1.29, 1.82) is 5.41 Å². The summed E-state index contributed by atoms with van der Waals surface area (Å²) in [6, 6.07) is 4.37. The molecule has 1 aromatic rings. The van der Waals surface area contributed by atoms with Gasteiger partial charge in [0.2, 0.25) is 0 Å². The average molecular weight is 329 g/mol. The minimum Gasteiger partial charge on any atom is -0.495 e. The summed E-state index contributed by atoms with van der Waals surface area (Å²) < 4.78 is 5.03. The number of nitrogens with two attached hydrogens (primary N) is 2. The number of aliphatic carboxylic acids is 1. The molecule has 0 fully saturated rings. The topological polar surface area (TPSA) is 135 Å². The molecular formula is C14H21ClN4O3. The number of halogens is 1. The van der Waals surface area contributed by atoms with Gasteiger partial charge < -0.3 is 21.3 Å². The maximum absolute atomic E-state index is 11.0. The van der Waals surface area contributed by atoms with Crippen LogP contribution < -0.4 is 16.2 Å². The summed E-state index contributed by atoms with van der Waals surface area (Å²) in [4.78, 5) is 15.0. The zero-order valence-corrected chi connectivity index (χ0v) is 13.1. The van der Waals surface area contributed by atoms with E-state index in [0.717, 1.165) is 11.9 Å². The lowest BCUT2D eigenvalue weighted by atomic mass is 10.1. The molecule has 6 N–H and O–H groups in total. The second-order valence-corrected chi connectivity index (χ2v) is 4.53. The summed E-state index contributed by atoms with van der Waals surface area (Å²) >= 11 is 5.97. The molecule has 1 aromatic carbocycles. The van der Waals surface area contributed by atoms with Crippen molar-refractivity contribution < 1.29 is 14.6 Å². The molecular weight excluding hydrogens is 308 g/mol. The molecule has 1 unspecified atom stereocenters. The molecule has 0 aliphatic rings. The van der Waals surface area contributed by atoms with Gasteiger partial charge in [-0.3, -0.25) is 10.4 Å². The summed E-state index contributed by atoms with van der Waals surface area (Å²) in [6.45, 7) is 0.452. The molecule has 0 aromatic heterocycles. The number of rotatable bonds is 7. The van der Waals surface area contributed by atoms with E-state index in [0.29, 0.717) is 30.2 Å². The van der Waals surface area contributed by atoms with Gasteiger partial charge in [0.25, 0.3) is 0 Å². The molecule has 0 heterocycles. The van der Waals surface area contributed by atoms with Crippen molar-refractivity contribution in [2.45, 2.75) is 18.9 Å². The van der Waals surface area contributed by atoms with E-state index >= 15 is 0 Å². The largest absolute Gasteiger partial charge is 0.495 e. The summed E-state index contributed by atoms with van der Waals surface area (Å²) in [5.41, 5.74) is 10.5. The molecule has 0 aliphatic carbocycles. The first-order valence-electron chi connectivity index (χ1n) is 6.50. The van der Waals surface area contributed by atoms with Crippen LogP contribution in [0, 0.1) is 5.41 Å². The number of methoxy groups -OCH3 is 1. The zero-order chi connectivity index (χ0) is 17.0. The van der Waals surface area contributed by atoms with Crippen molar-refractivity contribution in [3.05, 3.63) is 28.8 Å². The van der Waals surface area contributed by atoms with Crippen LogP contribution in [0.3, 0.4) is 0 Å². The number of benzene rings is 1. The molecule has 0 bridgehead atoms. The molecule has 0 saturated carbocycles. The van der Waals surface area contributed by atoms with E-state index in [2.05, 4.69) is 10.7 Å². The lowest BCUT2D eigenvalue weighted by Gasteiger charge is -2.06. The molecule has 0 amide bonds. The van der Waals surface area contributed by atoms with Crippen LogP contribution in [0.2, 0.25) is 5.02 Å². The van der Waals surface area contributed by atoms with Gasteiger partial charge in [0, 0.05) is 6.21 Å². The fraction of sp³-hybridized carbons (Fsp3) is 0.357. The minimum atomic E-state index is -0.954. The van der Waals surface area contributed by atoms with E-state index < -0.39 is 12.0 Å². The second kappa shape index (κ2) is 11.5. The standard InChI is InChI=1S/C13H17ClN2O3.CH4N2/c1-19-12-5-4-9(7-10(12)14)8-16-11(13(17)18)3-2-6-15;2-1-3/h4-5,7-8,11H,2-3,6,15H2,1H3,(H,17,18);1H,(H3,2,3). The normalized spacial score (nSPS) is 11.4. The van der Waals surface area contributed by atoms with E-state index in [1.54, 1.807) is 18.2 Å². The predicted molar refractivity (Wildman–Crippen MR) is 88.3 cm³/mol. The Kier molecular flexibility index (Phi) is 10.4. The number of carboxylic acid groups (broad SMARTS) is 1. The third kappa shape index (κ3) is 7.61. The fourth-order valence-corrected chi connectivity index (χ4v) is 1.78. The van der Waals surface area contributed by atoms with Crippen LogP contribution >= 0.6 is 11.6 Å². The van der Waals surface area contributed by atoms with Crippen LogP contribution in [-0.2, 0) is 4.79 Å². The van der Waals surface area contributed by atoms with Crippen molar-refractivity contribution in [1.82, 2.24) is 0 Å². The zero-order valence-electron chi connectivity index (χ0n) is 12.3. The van der Waals surface area contributed by atoms with Crippen LogP contribution in [0.4, 0.5) is 0 Å². The van der Waals surface area contributed by atoms with Crippen LogP contribution in [0.15, 0.2) is 23.2 Å². The molecule has 0 radical (unpaired) electrons. The van der Waals surface area contributed by atoms with E-state index in [4.69, 9.17) is 32.6 Å². The average Bonchev–Trinajstić information content (AvgIpc) is 2.48. The van der Waals surface area contributed by atoms with Crippen molar-refractivity contribution in [2.75, 3.05) is 13.7 Å². The van der Waals surface area contributed by atoms with Gasteiger partial charge in [-0.05, 0) is 43.1 Å². The van der Waals surface area contributed by atoms with Gasteiger partial charge in [-0.15, -0.1) is 0 Å². The number of carboxylic acids is 1. The Morgan fingerprint density at radius 3 is 2.68 bits per heavy atom. The van der Waals surface area contributed by atoms with Gasteiger partial charge in [0.1, 0.15) is 11.8 Å². The first-order valence-corrected chi connectivity index (χ1v) is 6.88. The maximum Gasteiger partial charge on any atom is 0.328 e. The summed E-state index contributed by atoms with van der Waals surface area (Å²) in [5.74, 6) is -0.388. The molecule has 0 saturated heterocycles. The quantitative estimate of drug-likeness (QED) is 0.444. The molecule has 0 spiro atoms. The number of ether oxygens (including phenoxy) is 1. The van der Waals surface area contributed by atoms with Gasteiger partial charge in [0.05, 0.1) is 18.5 Å². The number of aliphatic imine (C=N–C) groups is 1. The molecule has 8 heteroatoms. The maximum atomic E-state index is 11.0. The molecule has 1 atom stereocenters. The van der Waals surface area contributed by atoms with E-state index in [9.17, 15) is 4.79 Å². The predicted octanol–water partition coefficient (Wildman–Crippen LogP) is 1.51. The second-order valence-electron chi connectivity index (χ2n) is 4.12. The molecule has 0 aliphatic heterocycles. The van der Waals surface area contributed by atoms with Crippen molar-refractivity contribution in [3.63, 3.8) is 0 Å². The Labute approximate surface area is 134 Å². The monoisotopic (exact) mass is 328 g/mol.